The average molecular weight is 259 g/mol. The van der Waals surface area contributed by atoms with E-state index in [1.54, 1.807) is 24.3 Å². The maximum absolute atomic E-state index is 13.6. The molecule has 2 nitrogen and oxygen atoms in total. The number of rotatable bonds is 4. The third kappa shape index (κ3) is 2.41. The molecule has 1 atom stereocenters. The van der Waals surface area contributed by atoms with Crippen molar-refractivity contribution in [2.45, 2.75) is 12.5 Å². The Morgan fingerprint density at radius 2 is 2.36 bits per heavy atom. The third-order valence-electron chi connectivity index (χ3n) is 1.96. The van der Waals surface area contributed by atoms with Crippen molar-refractivity contribution in [3.05, 3.63) is 46.7 Å². The van der Waals surface area contributed by atoms with Crippen LogP contribution in [0.5, 0.6) is 0 Å². The lowest BCUT2D eigenvalue weighted by Crippen LogP contribution is -2.28. The molecule has 0 amide bonds. The molecule has 76 valence electrons. The Hall–Kier alpha value is -0.710. The molecule has 0 bridgehead atoms. The topological polar surface area (TPSA) is 38.0 Å². The van der Waals surface area contributed by atoms with Crippen molar-refractivity contribution in [1.82, 2.24) is 5.43 Å². The number of nitrogens with one attached hydrogen (secondary N) is 1. The molecular weight excluding hydrogens is 247 g/mol. The monoisotopic (exact) mass is 258 g/mol. The third-order valence-corrected chi connectivity index (χ3v) is 2.57. The highest BCUT2D eigenvalue weighted by atomic mass is 79.9. The zero-order valence-electron chi connectivity index (χ0n) is 7.63. The van der Waals surface area contributed by atoms with Gasteiger partial charge >= 0.3 is 0 Å². The van der Waals surface area contributed by atoms with Gasteiger partial charge in [0.25, 0.3) is 0 Å². The molecule has 0 radical (unpaired) electrons. The van der Waals surface area contributed by atoms with Gasteiger partial charge in [0.2, 0.25) is 0 Å². The lowest BCUT2D eigenvalue weighted by molar-refractivity contribution is 0.514. The molecule has 0 spiro atoms. The van der Waals surface area contributed by atoms with Crippen LogP contribution in [0.15, 0.2) is 35.3 Å². The summed E-state index contributed by atoms with van der Waals surface area (Å²) in [6.07, 6.45) is 2.29. The summed E-state index contributed by atoms with van der Waals surface area (Å²) in [5, 5.41) is 0. The fourth-order valence-corrected chi connectivity index (χ4v) is 1.62. The SMILES string of the molecule is C=CCC(NN)c1cccc(Br)c1F. The number of hydrogen-bond donors (Lipinski definition) is 2. The molecule has 14 heavy (non-hydrogen) atoms. The molecule has 1 aromatic carbocycles. The van der Waals surface area contributed by atoms with Gasteiger partial charge in [-0.1, -0.05) is 18.2 Å². The van der Waals surface area contributed by atoms with E-state index in [9.17, 15) is 4.39 Å². The summed E-state index contributed by atoms with van der Waals surface area (Å²) in [4.78, 5) is 0. The van der Waals surface area contributed by atoms with E-state index in [-0.39, 0.29) is 11.9 Å². The van der Waals surface area contributed by atoms with Crippen molar-refractivity contribution in [3.8, 4) is 0 Å². The Morgan fingerprint density at radius 1 is 1.64 bits per heavy atom. The largest absolute Gasteiger partial charge is 0.271 e. The summed E-state index contributed by atoms with van der Waals surface area (Å²) in [7, 11) is 0. The van der Waals surface area contributed by atoms with Gasteiger partial charge in [0.1, 0.15) is 5.82 Å². The molecule has 0 saturated carbocycles. The minimum atomic E-state index is -0.280. The standard InChI is InChI=1S/C10H12BrFN2/c1-2-4-9(14-13)7-5-3-6-8(11)10(7)12/h2-3,5-6,9,14H,1,4,13H2. The van der Waals surface area contributed by atoms with E-state index < -0.39 is 0 Å². The van der Waals surface area contributed by atoms with Gasteiger partial charge < -0.3 is 0 Å². The highest BCUT2D eigenvalue weighted by molar-refractivity contribution is 9.10. The Bertz CT molecular complexity index is 328. The van der Waals surface area contributed by atoms with Gasteiger partial charge in [0.05, 0.1) is 10.5 Å². The first-order chi connectivity index (χ1) is 6.70. The zero-order valence-corrected chi connectivity index (χ0v) is 9.22. The van der Waals surface area contributed by atoms with E-state index in [2.05, 4.69) is 27.9 Å². The van der Waals surface area contributed by atoms with Crippen molar-refractivity contribution in [1.29, 1.82) is 0 Å². The smallest absolute Gasteiger partial charge is 0.142 e. The van der Waals surface area contributed by atoms with E-state index in [0.29, 0.717) is 16.5 Å². The molecule has 0 heterocycles. The highest BCUT2D eigenvalue weighted by Gasteiger charge is 2.14. The van der Waals surface area contributed by atoms with Crippen molar-refractivity contribution < 1.29 is 4.39 Å². The first-order valence-electron chi connectivity index (χ1n) is 4.21. The summed E-state index contributed by atoms with van der Waals surface area (Å²) in [6.45, 7) is 3.60. The fraction of sp³-hybridized carbons (Fsp3) is 0.200. The summed E-state index contributed by atoms with van der Waals surface area (Å²) < 4.78 is 14.0. The molecule has 1 aromatic rings. The molecular formula is C10H12BrFN2. The fourth-order valence-electron chi connectivity index (χ4n) is 1.24. The maximum atomic E-state index is 13.6. The van der Waals surface area contributed by atoms with Crippen LogP contribution >= 0.6 is 15.9 Å². The van der Waals surface area contributed by atoms with Crippen LogP contribution in [0.3, 0.4) is 0 Å². The summed E-state index contributed by atoms with van der Waals surface area (Å²) in [5.41, 5.74) is 3.10. The minimum Gasteiger partial charge on any atom is -0.271 e. The van der Waals surface area contributed by atoms with Gasteiger partial charge in [-0.3, -0.25) is 11.3 Å². The average Bonchev–Trinajstić information content (AvgIpc) is 2.19. The maximum Gasteiger partial charge on any atom is 0.142 e. The number of nitrogens with two attached hydrogens (primary N) is 1. The molecule has 0 fully saturated rings. The van der Waals surface area contributed by atoms with Gasteiger partial charge in [-0.05, 0) is 28.4 Å². The van der Waals surface area contributed by atoms with Crippen molar-refractivity contribution >= 4 is 15.9 Å². The van der Waals surface area contributed by atoms with E-state index >= 15 is 0 Å². The van der Waals surface area contributed by atoms with E-state index in [0.717, 1.165) is 0 Å². The van der Waals surface area contributed by atoms with Gasteiger partial charge in [0.15, 0.2) is 0 Å². The number of halogens is 2. The lowest BCUT2D eigenvalue weighted by atomic mass is 10.0. The molecule has 0 aliphatic rings. The van der Waals surface area contributed by atoms with Crippen LogP contribution in [0.1, 0.15) is 18.0 Å². The van der Waals surface area contributed by atoms with E-state index in [1.807, 2.05) is 0 Å². The minimum absolute atomic E-state index is 0.231. The van der Waals surface area contributed by atoms with Crippen molar-refractivity contribution in [2.24, 2.45) is 5.84 Å². The quantitative estimate of drug-likeness (QED) is 0.495. The van der Waals surface area contributed by atoms with Crippen LogP contribution in [0.2, 0.25) is 0 Å². The van der Waals surface area contributed by atoms with Crippen LogP contribution in [-0.4, -0.2) is 0 Å². The Labute approximate surface area is 91.1 Å². The van der Waals surface area contributed by atoms with Crippen LogP contribution in [-0.2, 0) is 0 Å². The van der Waals surface area contributed by atoms with Crippen LogP contribution in [0.4, 0.5) is 4.39 Å². The second kappa shape index (κ2) is 5.24. The predicted molar refractivity (Wildman–Crippen MR) is 59.0 cm³/mol. The molecule has 0 aliphatic heterocycles. The number of hydrogen-bond acceptors (Lipinski definition) is 2. The molecule has 0 aromatic heterocycles. The summed E-state index contributed by atoms with van der Waals surface area (Å²) in [5.74, 6) is 5.05. The molecule has 3 N–H and O–H groups in total. The van der Waals surface area contributed by atoms with Gasteiger partial charge in [-0.2, -0.15) is 0 Å². The van der Waals surface area contributed by atoms with Crippen molar-refractivity contribution in [3.63, 3.8) is 0 Å². The number of hydrazine groups is 1. The predicted octanol–water partition coefficient (Wildman–Crippen LogP) is 2.67. The van der Waals surface area contributed by atoms with Crippen LogP contribution in [0.25, 0.3) is 0 Å². The van der Waals surface area contributed by atoms with E-state index in [4.69, 9.17) is 5.84 Å². The molecule has 4 heteroatoms. The first-order valence-corrected chi connectivity index (χ1v) is 5.01. The van der Waals surface area contributed by atoms with Gasteiger partial charge in [-0.15, -0.1) is 6.58 Å². The molecule has 1 rings (SSSR count). The summed E-state index contributed by atoms with van der Waals surface area (Å²) in [6, 6.07) is 4.90. The second-order valence-electron chi connectivity index (χ2n) is 2.89. The molecule has 0 aliphatic carbocycles. The Kier molecular flexibility index (Phi) is 4.25. The lowest BCUT2D eigenvalue weighted by Gasteiger charge is -2.15. The zero-order chi connectivity index (χ0) is 10.6. The van der Waals surface area contributed by atoms with Gasteiger partial charge in [0, 0.05) is 5.56 Å². The normalized spacial score (nSPS) is 12.5. The van der Waals surface area contributed by atoms with Gasteiger partial charge in [-0.25, -0.2) is 4.39 Å². The molecule has 1 unspecified atom stereocenters. The highest BCUT2D eigenvalue weighted by Crippen LogP contribution is 2.25. The Balaban J connectivity index is 3.03. The van der Waals surface area contributed by atoms with E-state index in [1.165, 1.54) is 0 Å². The van der Waals surface area contributed by atoms with Crippen molar-refractivity contribution in [2.75, 3.05) is 0 Å². The first kappa shape index (κ1) is 11.4. The second-order valence-corrected chi connectivity index (χ2v) is 3.74. The Morgan fingerprint density at radius 3 is 2.93 bits per heavy atom. The van der Waals surface area contributed by atoms with Crippen LogP contribution < -0.4 is 11.3 Å². The molecule has 0 saturated heterocycles. The van der Waals surface area contributed by atoms with Crippen LogP contribution in [0, 0.1) is 5.82 Å². The summed E-state index contributed by atoms with van der Waals surface area (Å²) >= 11 is 3.13. The number of benzene rings is 1.